The molecule has 7 heteroatoms. The first kappa shape index (κ1) is 12.6. The molecule has 0 aromatic carbocycles. The Morgan fingerprint density at radius 2 is 2.17 bits per heavy atom. The highest BCUT2D eigenvalue weighted by atomic mass is 16.6. The Kier molecular flexibility index (Phi) is 3.33. The Balaban J connectivity index is 2.09. The number of nitrogens with zero attached hydrogens (tertiary/aromatic N) is 1. The van der Waals surface area contributed by atoms with E-state index in [1.807, 2.05) is 0 Å². The first-order chi connectivity index (χ1) is 8.56. The van der Waals surface area contributed by atoms with E-state index in [4.69, 9.17) is 0 Å². The Morgan fingerprint density at radius 3 is 2.67 bits per heavy atom. The number of aromatic amines is 1. The summed E-state index contributed by atoms with van der Waals surface area (Å²) in [5.74, 6) is -0.635. The molecule has 1 aromatic rings. The molecule has 2 rings (SSSR count). The molecule has 98 valence electrons. The summed E-state index contributed by atoms with van der Waals surface area (Å²) in [6.07, 6.45) is 3.40. The normalized spacial score (nSPS) is 17.6. The fourth-order valence-electron chi connectivity index (χ4n) is 2.31. The van der Waals surface area contributed by atoms with Gasteiger partial charge in [-0.15, -0.1) is 0 Å². The minimum absolute atomic E-state index is 0.110. The van der Waals surface area contributed by atoms with Crippen LogP contribution in [0.25, 0.3) is 0 Å². The van der Waals surface area contributed by atoms with Crippen molar-refractivity contribution < 1.29 is 14.8 Å². The third kappa shape index (κ3) is 2.35. The molecular formula is C11H15N3O4. The topological polar surface area (TPSA) is 108 Å². The van der Waals surface area contributed by atoms with E-state index in [2.05, 4.69) is 10.3 Å². The first-order valence-corrected chi connectivity index (χ1v) is 5.83. The van der Waals surface area contributed by atoms with Crippen LogP contribution >= 0.6 is 0 Å². The van der Waals surface area contributed by atoms with E-state index in [0.717, 1.165) is 25.7 Å². The van der Waals surface area contributed by atoms with Crippen molar-refractivity contribution in [1.29, 1.82) is 0 Å². The quantitative estimate of drug-likeness (QED) is 0.548. The Bertz CT molecular complexity index is 463. The number of hydrogen-bond donors (Lipinski definition) is 3. The van der Waals surface area contributed by atoms with E-state index in [1.54, 1.807) is 0 Å². The second kappa shape index (κ2) is 4.77. The number of nitrogens with one attached hydrogen (secondary N) is 2. The maximum Gasteiger partial charge on any atom is 0.321 e. The lowest BCUT2D eigenvalue weighted by molar-refractivity contribution is -0.389. The lowest BCUT2D eigenvalue weighted by Crippen LogP contribution is -2.49. The summed E-state index contributed by atoms with van der Waals surface area (Å²) in [6.45, 7) is -0.110. The molecule has 1 fully saturated rings. The fourth-order valence-corrected chi connectivity index (χ4v) is 2.31. The predicted molar refractivity (Wildman–Crippen MR) is 63.2 cm³/mol. The van der Waals surface area contributed by atoms with Crippen molar-refractivity contribution in [2.75, 3.05) is 6.61 Å². The van der Waals surface area contributed by atoms with Crippen LogP contribution in [0.2, 0.25) is 0 Å². The average molecular weight is 253 g/mol. The molecule has 1 heterocycles. The first-order valence-electron chi connectivity index (χ1n) is 5.83. The molecule has 0 saturated heterocycles. The molecule has 1 amide bonds. The van der Waals surface area contributed by atoms with Crippen molar-refractivity contribution in [2.45, 2.75) is 31.2 Å². The van der Waals surface area contributed by atoms with E-state index < -0.39 is 16.4 Å². The molecule has 1 aromatic heterocycles. The van der Waals surface area contributed by atoms with Gasteiger partial charge >= 0.3 is 5.82 Å². The van der Waals surface area contributed by atoms with Gasteiger partial charge in [-0.2, -0.15) is 0 Å². The summed E-state index contributed by atoms with van der Waals surface area (Å²) < 4.78 is 0. The summed E-state index contributed by atoms with van der Waals surface area (Å²) in [7, 11) is 0. The molecular weight excluding hydrogens is 238 g/mol. The standard InChI is InChI=1S/C11H15N3O4/c15-7-11(5-1-2-6-11)13-10(16)8-3-4-9(12-8)14(17)18/h3-4,12,15H,1-2,5-7H2,(H,13,16). The third-order valence-corrected chi connectivity index (χ3v) is 3.35. The number of hydrogen-bond acceptors (Lipinski definition) is 4. The number of rotatable bonds is 4. The van der Waals surface area contributed by atoms with Crippen LogP contribution in [0, 0.1) is 10.1 Å². The molecule has 0 aliphatic heterocycles. The zero-order chi connectivity index (χ0) is 13.2. The number of carbonyl (C=O) groups excluding carboxylic acids is 1. The molecule has 0 unspecified atom stereocenters. The van der Waals surface area contributed by atoms with Gasteiger partial charge in [0.15, 0.2) is 5.69 Å². The second-order valence-electron chi connectivity index (χ2n) is 4.61. The third-order valence-electron chi connectivity index (χ3n) is 3.35. The van der Waals surface area contributed by atoms with Gasteiger partial charge in [0.2, 0.25) is 0 Å². The number of aliphatic hydroxyl groups excluding tert-OH is 1. The van der Waals surface area contributed by atoms with Gasteiger partial charge in [0.1, 0.15) is 0 Å². The monoisotopic (exact) mass is 253 g/mol. The summed E-state index contributed by atoms with van der Waals surface area (Å²) in [6, 6.07) is 2.61. The van der Waals surface area contributed by atoms with Crippen LogP contribution in [-0.4, -0.2) is 33.1 Å². The molecule has 0 bridgehead atoms. The summed E-state index contributed by atoms with van der Waals surface area (Å²) in [5.41, 5.74) is -0.432. The molecule has 18 heavy (non-hydrogen) atoms. The van der Waals surface area contributed by atoms with Gasteiger partial charge in [-0.05, 0) is 23.8 Å². The molecule has 1 aliphatic rings. The van der Waals surface area contributed by atoms with Gasteiger partial charge in [0, 0.05) is 6.07 Å². The van der Waals surface area contributed by atoms with Crippen LogP contribution in [-0.2, 0) is 0 Å². The second-order valence-corrected chi connectivity index (χ2v) is 4.61. The Morgan fingerprint density at radius 1 is 1.50 bits per heavy atom. The van der Waals surface area contributed by atoms with E-state index in [0.29, 0.717) is 0 Å². The zero-order valence-electron chi connectivity index (χ0n) is 9.81. The van der Waals surface area contributed by atoms with Crippen molar-refractivity contribution in [3.05, 3.63) is 27.9 Å². The minimum Gasteiger partial charge on any atom is -0.394 e. The largest absolute Gasteiger partial charge is 0.394 e. The van der Waals surface area contributed by atoms with Crippen molar-refractivity contribution in [1.82, 2.24) is 10.3 Å². The maximum absolute atomic E-state index is 11.9. The van der Waals surface area contributed by atoms with Crippen molar-refractivity contribution in [3.8, 4) is 0 Å². The van der Waals surface area contributed by atoms with Crippen LogP contribution in [0.4, 0.5) is 5.82 Å². The summed E-state index contributed by atoms with van der Waals surface area (Å²) in [5, 5.41) is 22.6. The van der Waals surface area contributed by atoms with Gasteiger partial charge in [0.05, 0.1) is 12.1 Å². The number of H-pyrrole nitrogens is 1. The molecule has 7 nitrogen and oxygen atoms in total. The lowest BCUT2D eigenvalue weighted by Gasteiger charge is -2.27. The van der Waals surface area contributed by atoms with Gasteiger partial charge < -0.3 is 20.5 Å². The number of nitro groups is 1. The van der Waals surface area contributed by atoms with Crippen LogP contribution < -0.4 is 5.32 Å². The minimum atomic E-state index is -0.589. The van der Waals surface area contributed by atoms with Crippen molar-refractivity contribution in [3.63, 3.8) is 0 Å². The zero-order valence-corrected chi connectivity index (χ0v) is 9.81. The molecule has 0 radical (unpaired) electrons. The number of aliphatic hydroxyl groups is 1. The van der Waals surface area contributed by atoms with E-state index in [1.165, 1.54) is 12.1 Å². The Hall–Kier alpha value is -1.89. The molecule has 3 N–H and O–H groups in total. The summed E-state index contributed by atoms with van der Waals surface area (Å²) in [4.78, 5) is 24.3. The predicted octanol–water partition coefficient (Wildman–Crippen LogP) is 0.958. The highest BCUT2D eigenvalue weighted by molar-refractivity contribution is 5.93. The maximum atomic E-state index is 11.9. The van der Waals surface area contributed by atoms with Crippen LogP contribution in [0.15, 0.2) is 12.1 Å². The summed E-state index contributed by atoms with van der Waals surface area (Å²) >= 11 is 0. The number of amides is 1. The number of carbonyl (C=O) groups is 1. The SMILES string of the molecule is O=C(NC1(CO)CCCC1)c1ccc([N+](=O)[O-])[nH]1. The van der Waals surface area contributed by atoms with E-state index in [-0.39, 0.29) is 18.1 Å². The Labute approximate surface area is 103 Å². The van der Waals surface area contributed by atoms with E-state index in [9.17, 15) is 20.0 Å². The van der Waals surface area contributed by atoms with Crippen LogP contribution in [0.3, 0.4) is 0 Å². The van der Waals surface area contributed by atoms with Gasteiger partial charge in [-0.3, -0.25) is 4.79 Å². The van der Waals surface area contributed by atoms with Crippen LogP contribution in [0.1, 0.15) is 36.2 Å². The molecule has 1 aliphatic carbocycles. The van der Waals surface area contributed by atoms with Crippen LogP contribution in [0.5, 0.6) is 0 Å². The highest BCUT2D eigenvalue weighted by Crippen LogP contribution is 2.29. The van der Waals surface area contributed by atoms with Crippen molar-refractivity contribution >= 4 is 11.7 Å². The lowest BCUT2D eigenvalue weighted by atomic mass is 9.99. The molecule has 1 saturated carbocycles. The molecule has 0 spiro atoms. The fraction of sp³-hybridized carbons (Fsp3) is 0.545. The van der Waals surface area contributed by atoms with Gasteiger partial charge in [-0.1, -0.05) is 12.8 Å². The van der Waals surface area contributed by atoms with E-state index >= 15 is 0 Å². The molecule has 0 atom stereocenters. The smallest absolute Gasteiger partial charge is 0.321 e. The van der Waals surface area contributed by atoms with Crippen molar-refractivity contribution in [2.24, 2.45) is 0 Å². The number of aromatic nitrogens is 1. The van der Waals surface area contributed by atoms with Gasteiger partial charge in [0.25, 0.3) is 5.91 Å². The highest BCUT2D eigenvalue weighted by Gasteiger charge is 2.35. The van der Waals surface area contributed by atoms with Gasteiger partial charge in [-0.25, -0.2) is 4.98 Å². The average Bonchev–Trinajstić information content (AvgIpc) is 2.98.